The number of carbonyl (C=O) groups excluding carboxylic acids is 2. The number of hydrogen-bond donors (Lipinski definition) is 1. The van der Waals surface area contributed by atoms with Gasteiger partial charge in [0.1, 0.15) is 5.82 Å². The van der Waals surface area contributed by atoms with Gasteiger partial charge in [0.25, 0.3) is 5.89 Å². The molecule has 132 valence electrons. The van der Waals surface area contributed by atoms with Crippen molar-refractivity contribution in [1.82, 2.24) is 10.2 Å². The Bertz CT molecular complexity index is 955. The Morgan fingerprint density at radius 1 is 1.12 bits per heavy atom. The molecule has 0 aliphatic heterocycles. The predicted octanol–water partition coefficient (Wildman–Crippen LogP) is 3.30. The number of para-hydroxylation sites is 1. The second kappa shape index (κ2) is 7.56. The van der Waals surface area contributed by atoms with Crippen LogP contribution in [0, 0.1) is 5.82 Å². The monoisotopic (exact) mass is 355 g/mol. The number of halogens is 1. The minimum atomic E-state index is -0.725. The van der Waals surface area contributed by atoms with Crippen molar-refractivity contribution in [2.45, 2.75) is 6.92 Å². The van der Waals surface area contributed by atoms with Crippen LogP contribution in [0.1, 0.15) is 28.0 Å². The summed E-state index contributed by atoms with van der Waals surface area (Å²) in [5.74, 6) is -2.32. The van der Waals surface area contributed by atoms with E-state index in [1.807, 2.05) is 0 Å². The summed E-state index contributed by atoms with van der Waals surface area (Å²) < 4.78 is 24.0. The van der Waals surface area contributed by atoms with Gasteiger partial charge in [-0.25, -0.2) is 9.18 Å². The van der Waals surface area contributed by atoms with E-state index in [0.717, 1.165) is 0 Å². The Morgan fingerprint density at radius 3 is 2.62 bits per heavy atom. The lowest BCUT2D eigenvalue weighted by Crippen LogP contribution is -2.16. The van der Waals surface area contributed by atoms with Crippen molar-refractivity contribution >= 4 is 17.6 Å². The molecular formula is C18H14FN3O4. The highest BCUT2D eigenvalue weighted by Gasteiger charge is 2.20. The number of hydrogen-bond acceptors (Lipinski definition) is 6. The number of amides is 1. The third-order valence-electron chi connectivity index (χ3n) is 3.39. The first-order chi connectivity index (χ1) is 12.6. The van der Waals surface area contributed by atoms with Crippen LogP contribution in [0.15, 0.2) is 52.9 Å². The molecule has 0 aliphatic rings. The minimum Gasteiger partial charge on any atom is -0.462 e. The van der Waals surface area contributed by atoms with Gasteiger partial charge in [0.15, 0.2) is 0 Å². The standard InChI is InChI=1S/C18H14FN3O4/c1-2-25-18(24)12-8-4-6-10-14(12)20-15(23)17-22-21-16(26-17)11-7-3-5-9-13(11)19/h3-10H,2H2,1H3,(H,20,23). The second-order valence-corrected chi connectivity index (χ2v) is 5.11. The Kier molecular flexibility index (Phi) is 5.02. The summed E-state index contributed by atoms with van der Waals surface area (Å²) in [5, 5.41) is 9.83. The second-order valence-electron chi connectivity index (χ2n) is 5.11. The molecule has 0 radical (unpaired) electrons. The molecular weight excluding hydrogens is 341 g/mol. The van der Waals surface area contributed by atoms with E-state index in [1.165, 1.54) is 30.3 Å². The fraction of sp³-hybridized carbons (Fsp3) is 0.111. The number of benzene rings is 2. The van der Waals surface area contributed by atoms with Gasteiger partial charge in [-0.1, -0.05) is 24.3 Å². The van der Waals surface area contributed by atoms with Gasteiger partial charge in [0.05, 0.1) is 23.4 Å². The average Bonchev–Trinajstić information content (AvgIpc) is 3.13. The molecule has 0 atom stereocenters. The molecule has 3 aromatic rings. The number of esters is 1. The van der Waals surface area contributed by atoms with Gasteiger partial charge in [-0.05, 0) is 31.2 Å². The molecule has 8 heteroatoms. The van der Waals surface area contributed by atoms with Crippen LogP contribution in [-0.4, -0.2) is 28.7 Å². The SMILES string of the molecule is CCOC(=O)c1ccccc1NC(=O)c1nnc(-c2ccccc2F)o1. The summed E-state index contributed by atoms with van der Waals surface area (Å²) in [6.45, 7) is 1.89. The molecule has 7 nitrogen and oxygen atoms in total. The van der Waals surface area contributed by atoms with Crippen LogP contribution in [-0.2, 0) is 4.74 Å². The van der Waals surface area contributed by atoms with E-state index >= 15 is 0 Å². The molecule has 0 fully saturated rings. The van der Waals surface area contributed by atoms with Gasteiger partial charge in [0.2, 0.25) is 0 Å². The third-order valence-corrected chi connectivity index (χ3v) is 3.39. The summed E-state index contributed by atoms with van der Waals surface area (Å²) in [6, 6.07) is 12.2. The molecule has 0 spiro atoms. The average molecular weight is 355 g/mol. The van der Waals surface area contributed by atoms with Gasteiger partial charge in [-0.2, -0.15) is 0 Å². The van der Waals surface area contributed by atoms with Crippen LogP contribution < -0.4 is 5.32 Å². The fourth-order valence-electron chi connectivity index (χ4n) is 2.21. The highest BCUT2D eigenvalue weighted by Crippen LogP contribution is 2.22. The zero-order valence-corrected chi connectivity index (χ0v) is 13.7. The summed E-state index contributed by atoms with van der Waals surface area (Å²) in [4.78, 5) is 24.3. The number of carbonyl (C=O) groups is 2. The number of rotatable bonds is 5. The lowest BCUT2D eigenvalue weighted by atomic mass is 10.2. The molecule has 2 aromatic carbocycles. The Balaban J connectivity index is 1.82. The third kappa shape index (κ3) is 3.59. The molecule has 1 heterocycles. The van der Waals surface area contributed by atoms with E-state index in [-0.39, 0.29) is 35.2 Å². The maximum absolute atomic E-state index is 13.8. The molecule has 1 amide bonds. The van der Waals surface area contributed by atoms with E-state index in [1.54, 1.807) is 25.1 Å². The number of ether oxygens (including phenoxy) is 1. The van der Waals surface area contributed by atoms with Crippen molar-refractivity contribution in [2.24, 2.45) is 0 Å². The van der Waals surface area contributed by atoms with Crippen molar-refractivity contribution in [2.75, 3.05) is 11.9 Å². The molecule has 1 aromatic heterocycles. The zero-order valence-electron chi connectivity index (χ0n) is 13.7. The quantitative estimate of drug-likeness (QED) is 0.706. The van der Waals surface area contributed by atoms with Crippen LogP contribution in [0.3, 0.4) is 0 Å². The van der Waals surface area contributed by atoms with Gasteiger partial charge in [-0.3, -0.25) is 4.79 Å². The lowest BCUT2D eigenvalue weighted by molar-refractivity contribution is 0.0527. The normalized spacial score (nSPS) is 10.4. The maximum Gasteiger partial charge on any atom is 0.340 e. The van der Waals surface area contributed by atoms with Crippen molar-refractivity contribution in [3.63, 3.8) is 0 Å². The predicted molar refractivity (Wildman–Crippen MR) is 90.0 cm³/mol. The van der Waals surface area contributed by atoms with Gasteiger partial charge >= 0.3 is 17.8 Å². The number of nitrogens with one attached hydrogen (secondary N) is 1. The van der Waals surface area contributed by atoms with E-state index in [9.17, 15) is 14.0 Å². The number of aromatic nitrogens is 2. The molecule has 0 bridgehead atoms. The number of anilines is 1. The first-order valence-electron chi connectivity index (χ1n) is 7.76. The number of nitrogens with zero attached hydrogens (tertiary/aromatic N) is 2. The summed E-state index contributed by atoms with van der Waals surface area (Å²) in [7, 11) is 0. The minimum absolute atomic E-state index is 0.0889. The molecule has 0 saturated heterocycles. The molecule has 0 saturated carbocycles. The van der Waals surface area contributed by atoms with Gasteiger partial charge < -0.3 is 14.5 Å². The van der Waals surface area contributed by atoms with Gasteiger partial charge in [-0.15, -0.1) is 10.2 Å². The van der Waals surface area contributed by atoms with Crippen molar-refractivity contribution < 1.29 is 23.1 Å². The van der Waals surface area contributed by atoms with Crippen molar-refractivity contribution in [3.8, 4) is 11.5 Å². The first-order valence-corrected chi connectivity index (χ1v) is 7.76. The lowest BCUT2D eigenvalue weighted by Gasteiger charge is -2.08. The highest BCUT2D eigenvalue weighted by molar-refractivity contribution is 6.05. The van der Waals surface area contributed by atoms with E-state index < -0.39 is 17.7 Å². The fourth-order valence-corrected chi connectivity index (χ4v) is 2.21. The van der Waals surface area contributed by atoms with Gasteiger partial charge in [0, 0.05) is 0 Å². The largest absolute Gasteiger partial charge is 0.462 e. The highest BCUT2D eigenvalue weighted by atomic mass is 19.1. The summed E-state index contributed by atoms with van der Waals surface area (Å²) in [5.41, 5.74) is 0.518. The van der Waals surface area contributed by atoms with Crippen LogP contribution in [0.5, 0.6) is 0 Å². The molecule has 0 unspecified atom stereocenters. The summed E-state index contributed by atoms with van der Waals surface area (Å²) >= 11 is 0. The van der Waals surface area contributed by atoms with Crippen molar-refractivity contribution in [3.05, 3.63) is 65.8 Å². The topological polar surface area (TPSA) is 94.3 Å². The van der Waals surface area contributed by atoms with Crippen molar-refractivity contribution in [1.29, 1.82) is 0 Å². The van der Waals surface area contributed by atoms with Crippen LogP contribution in [0.4, 0.5) is 10.1 Å². The van der Waals surface area contributed by atoms with Crippen LogP contribution >= 0.6 is 0 Å². The van der Waals surface area contributed by atoms with Crippen LogP contribution in [0.25, 0.3) is 11.5 Å². The van der Waals surface area contributed by atoms with Crippen LogP contribution in [0.2, 0.25) is 0 Å². The molecule has 1 N–H and O–H groups in total. The molecule has 0 aliphatic carbocycles. The first kappa shape index (κ1) is 17.3. The van der Waals surface area contributed by atoms with E-state index in [2.05, 4.69) is 15.5 Å². The maximum atomic E-state index is 13.8. The summed E-state index contributed by atoms with van der Waals surface area (Å²) in [6.07, 6.45) is 0. The van der Waals surface area contributed by atoms with E-state index in [0.29, 0.717) is 0 Å². The van der Waals surface area contributed by atoms with E-state index in [4.69, 9.17) is 9.15 Å². The Hall–Kier alpha value is -3.55. The Labute approximate surface area is 147 Å². The molecule has 3 rings (SSSR count). The Morgan fingerprint density at radius 2 is 1.85 bits per heavy atom. The smallest absolute Gasteiger partial charge is 0.340 e. The zero-order chi connectivity index (χ0) is 18.5. The molecule has 26 heavy (non-hydrogen) atoms.